The van der Waals surface area contributed by atoms with Gasteiger partial charge in [0.2, 0.25) is 0 Å². The number of hydrogen-bond donors (Lipinski definition) is 0. The lowest BCUT2D eigenvalue weighted by atomic mass is 10.1. The number of morpholine rings is 1. The molecule has 0 radical (unpaired) electrons. The van der Waals surface area contributed by atoms with E-state index in [1.54, 1.807) is 0 Å². The second-order valence-electron chi connectivity index (χ2n) is 4.82. The molecular weight excluding hydrogens is 324 g/mol. The first kappa shape index (κ1) is 15.3. The molecule has 0 unspecified atom stereocenters. The molecule has 5 nitrogen and oxygen atoms in total. The van der Waals surface area contributed by atoms with Crippen molar-refractivity contribution >= 4 is 34.0 Å². The maximum Gasteiger partial charge on any atom is 0.351 e. The maximum absolute atomic E-state index is 11.6. The van der Waals surface area contributed by atoms with Crippen LogP contribution in [0, 0.1) is 0 Å². The Balaban J connectivity index is 1.79. The Bertz CT molecular complexity index is 662. The van der Waals surface area contributed by atoms with Crippen molar-refractivity contribution in [2.24, 2.45) is 0 Å². The molecule has 0 aliphatic carbocycles. The molecule has 7 heteroatoms. The van der Waals surface area contributed by atoms with Crippen molar-refractivity contribution in [2.45, 2.75) is 6.10 Å². The third-order valence-electron chi connectivity index (χ3n) is 3.45. The number of halogens is 1. The highest BCUT2D eigenvalue weighted by atomic mass is 35.5. The van der Waals surface area contributed by atoms with E-state index in [4.69, 9.17) is 21.1 Å². The Morgan fingerprint density at radius 2 is 2.23 bits per heavy atom. The summed E-state index contributed by atoms with van der Waals surface area (Å²) in [4.78, 5) is 18.3. The number of methoxy groups -OCH3 is 1. The van der Waals surface area contributed by atoms with E-state index in [2.05, 4.69) is 9.88 Å². The summed E-state index contributed by atoms with van der Waals surface area (Å²) in [6.07, 6.45) is -0.0146. The van der Waals surface area contributed by atoms with Gasteiger partial charge >= 0.3 is 5.97 Å². The molecule has 2 aromatic rings. The summed E-state index contributed by atoms with van der Waals surface area (Å²) in [6, 6.07) is 10.1. The topological polar surface area (TPSA) is 51.7 Å². The normalized spacial score (nSPS) is 18.3. The summed E-state index contributed by atoms with van der Waals surface area (Å²) in [6.45, 7) is 1.99. The van der Waals surface area contributed by atoms with Gasteiger partial charge in [0.25, 0.3) is 0 Å². The predicted molar refractivity (Wildman–Crippen MR) is 85.8 cm³/mol. The molecule has 0 N–H and O–H groups in total. The van der Waals surface area contributed by atoms with Crippen LogP contribution in [0.4, 0.5) is 5.13 Å². The van der Waals surface area contributed by atoms with Crippen LogP contribution in [0.1, 0.15) is 21.3 Å². The standard InChI is InChI=1S/C15H15ClN2O3S/c1-20-14(19)12-13(16)17-15(22-12)18-7-8-21-11(9-18)10-5-3-2-4-6-10/h2-6,11H,7-9H2,1H3/t11-/m0/s1. The van der Waals surface area contributed by atoms with Gasteiger partial charge in [-0.1, -0.05) is 53.3 Å². The van der Waals surface area contributed by atoms with E-state index in [9.17, 15) is 4.79 Å². The van der Waals surface area contributed by atoms with Crippen molar-refractivity contribution in [3.8, 4) is 0 Å². The monoisotopic (exact) mass is 338 g/mol. The fraction of sp³-hybridized carbons (Fsp3) is 0.333. The number of nitrogens with zero attached hydrogens (tertiary/aromatic N) is 2. The largest absolute Gasteiger partial charge is 0.465 e. The number of anilines is 1. The molecule has 2 heterocycles. The van der Waals surface area contributed by atoms with Crippen molar-refractivity contribution in [3.63, 3.8) is 0 Å². The summed E-state index contributed by atoms with van der Waals surface area (Å²) < 4.78 is 10.5. The number of aromatic nitrogens is 1. The smallest absolute Gasteiger partial charge is 0.351 e. The summed E-state index contributed by atoms with van der Waals surface area (Å²) in [7, 11) is 1.33. The molecular formula is C15H15ClN2O3S. The molecule has 22 heavy (non-hydrogen) atoms. The average Bonchev–Trinajstić information content (AvgIpc) is 2.97. The molecule has 3 rings (SSSR count). The van der Waals surface area contributed by atoms with Gasteiger partial charge in [-0.3, -0.25) is 0 Å². The lowest BCUT2D eigenvalue weighted by Gasteiger charge is -2.32. The van der Waals surface area contributed by atoms with Gasteiger partial charge in [0, 0.05) is 6.54 Å². The van der Waals surface area contributed by atoms with Gasteiger partial charge in [-0.05, 0) is 5.56 Å². The van der Waals surface area contributed by atoms with Crippen LogP contribution in [-0.4, -0.2) is 37.8 Å². The van der Waals surface area contributed by atoms with Crippen LogP contribution in [0.5, 0.6) is 0 Å². The van der Waals surface area contributed by atoms with E-state index < -0.39 is 5.97 Å². The molecule has 1 aromatic carbocycles. The van der Waals surface area contributed by atoms with Crippen molar-refractivity contribution in [1.82, 2.24) is 4.98 Å². The summed E-state index contributed by atoms with van der Waals surface area (Å²) in [5.74, 6) is -0.457. The van der Waals surface area contributed by atoms with Gasteiger partial charge in [0.05, 0.1) is 20.3 Å². The molecule has 1 saturated heterocycles. The van der Waals surface area contributed by atoms with E-state index in [1.807, 2.05) is 30.3 Å². The Morgan fingerprint density at radius 1 is 1.45 bits per heavy atom. The first-order valence-corrected chi connectivity index (χ1v) is 8.04. The Hall–Kier alpha value is -1.63. The van der Waals surface area contributed by atoms with Gasteiger partial charge in [-0.15, -0.1) is 0 Å². The van der Waals surface area contributed by atoms with Crippen LogP contribution in [0.25, 0.3) is 0 Å². The van der Waals surface area contributed by atoms with Gasteiger partial charge in [-0.25, -0.2) is 9.78 Å². The summed E-state index contributed by atoms with van der Waals surface area (Å²) in [5, 5.41) is 0.907. The molecule has 0 amide bonds. The lowest BCUT2D eigenvalue weighted by Crippen LogP contribution is -2.38. The number of carbonyl (C=O) groups excluding carboxylic acids is 1. The minimum absolute atomic E-state index is 0.0146. The zero-order valence-electron chi connectivity index (χ0n) is 12.0. The fourth-order valence-corrected chi connectivity index (χ4v) is 3.57. The van der Waals surface area contributed by atoms with Crippen LogP contribution >= 0.6 is 22.9 Å². The molecule has 0 spiro atoms. The maximum atomic E-state index is 11.6. The zero-order valence-corrected chi connectivity index (χ0v) is 13.6. The van der Waals surface area contributed by atoms with Crippen LogP contribution in [0.3, 0.4) is 0 Å². The molecule has 116 valence electrons. The number of esters is 1. The van der Waals surface area contributed by atoms with Crippen LogP contribution in [-0.2, 0) is 9.47 Å². The second kappa shape index (κ2) is 6.64. The van der Waals surface area contributed by atoms with Crippen LogP contribution in [0.15, 0.2) is 30.3 Å². The van der Waals surface area contributed by atoms with Gasteiger partial charge in [-0.2, -0.15) is 0 Å². The number of carbonyl (C=O) groups is 1. The van der Waals surface area contributed by atoms with Crippen molar-refractivity contribution in [1.29, 1.82) is 0 Å². The Morgan fingerprint density at radius 3 is 2.95 bits per heavy atom. The molecule has 0 saturated carbocycles. The molecule has 1 fully saturated rings. The Labute approximate surface area is 137 Å². The van der Waals surface area contributed by atoms with E-state index in [-0.39, 0.29) is 11.3 Å². The van der Waals surface area contributed by atoms with Gasteiger partial charge in [0.15, 0.2) is 15.2 Å². The quantitative estimate of drug-likeness (QED) is 0.805. The highest BCUT2D eigenvalue weighted by Gasteiger charge is 2.26. The van der Waals surface area contributed by atoms with Crippen LogP contribution in [0.2, 0.25) is 5.15 Å². The summed E-state index contributed by atoms with van der Waals surface area (Å²) in [5.41, 5.74) is 1.13. The first-order chi connectivity index (χ1) is 10.7. The number of rotatable bonds is 3. The highest BCUT2D eigenvalue weighted by molar-refractivity contribution is 7.18. The van der Waals surface area contributed by atoms with Crippen molar-refractivity contribution in [3.05, 3.63) is 45.9 Å². The SMILES string of the molecule is COC(=O)c1sc(N2CCO[C@H](c3ccccc3)C2)nc1Cl. The predicted octanol–water partition coefficient (Wildman–Crippen LogP) is 3.16. The van der Waals surface area contributed by atoms with E-state index in [0.29, 0.717) is 24.6 Å². The molecule has 0 bridgehead atoms. The third kappa shape index (κ3) is 3.09. The number of thiazole rings is 1. The van der Waals surface area contributed by atoms with E-state index in [0.717, 1.165) is 10.7 Å². The Kier molecular flexibility index (Phi) is 4.61. The minimum Gasteiger partial charge on any atom is -0.465 e. The molecule has 1 aliphatic heterocycles. The minimum atomic E-state index is -0.457. The highest BCUT2D eigenvalue weighted by Crippen LogP contribution is 2.33. The van der Waals surface area contributed by atoms with E-state index >= 15 is 0 Å². The molecule has 1 aromatic heterocycles. The number of hydrogen-bond acceptors (Lipinski definition) is 6. The summed E-state index contributed by atoms with van der Waals surface area (Å²) >= 11 is 7.28. The first-order valence-electron chi connectivity index (χ1n) is 6.85. The number of ether oxygens (including phenoxy) is 2. The van der Waals surface area contributed by atoms with Crippen molar-refractivity contribution in [2.75, 3.05) is 31.7 Å². The average molecular weight is 339 g/mol. The van der Waals surface area contributed by atoms with Crippen LogP contribution < -0.4 is 4.90 Å². The molecule has 1 atom stereocenters. The van der Waals surface area contributed by atoms with Gasteiger partial charge in [0.1, 0.15) is 6.10 Å². The molecule has 1 aliphatic rings. The third-order valence-corrected chi connectivity index (χ3v) is 4.94. The lowest BCUT2D eigenvalue weighted by molar-refractivity contribution is 0.0398. The van der Waals surface area contributed by atoms with Gasteiger partial charge < -0.3 is 14.4 Å². The second-order valence-corrected chi connectivity index (χ2v) is 6.16. The van der Waals surface area contributed by atoms with E-state index in [1.165, 1.54) is 18.4 Å². The van der Waals surface area contributed by atoms with Crippen molar-refractivity contribution < 1.29 is 14.3 Å². The zero-order chi connectivity index (χ0) is 15.5. The number of benzene rings is 1. The fourth-order valence-electron chi connectivity index (χ4n) is 2.34.